The van der Waals surface area contributed by atoms with Crippen molar-refractivity contribution in [3.63, 3.8) is 0 Å². The van der Waals surface area contributed by atoms with E-state index in [9.17, 15) is 9.18 Å². The molecular formula is C25H27FN2O. The SMILES string of the molecule is CCCCCCc1c(-c2cc3cc(F)ccc3n2C(C)=O)c2ccccc2n1C. The Morgan fingerprint density at radius 1 is 1.00 bits per heavy atom. The molecule has 3 nitrogen and oxygen atoms in total. The normalized spacial score (nSPS) is 11.6. The van der Waals surface area contributed by atoms with E-state index in [0.29, 0.717) is 0 Å². The summed E-state index contributed by atoms with van der Waals surface area (Å²) in [7, 11) is 2.10. The van der Waals surface area contributed by atoms with Crippen LogP contribution in [0.4, 0.5) is 4.39 Å². The molecule has 4 rings (SSSR count). The second-order valence-corrected chi connectivity index (χ2v) is 7.80. The molecule has 0 fully saturated rings. The van der Waals surface area contributed by atoms with Gasteiger partial charge in [0.05, 0.1) is 11.2 Å². The maximum atomic E-state index is 13.9. The summed E-state index contributed by atoms with van der Waals surface area (Å²) < 4.78 is 17.8. The van der Waals surface area contributed by atoms with E-state index >= 15 is 0 Å². The van der Waals surface area contributed by atoms with Gasteiger partial charge in [0.2, 0.25) is 5.91 Å². The van der Waals surface area contributed by atoms with Gasteiger partial charge in [-0.15, -0.1) is 0 Å². The van der Waals surface area contributed by atoms with Crippen LogP contribution in [0.2, 0.25) is 0 Å². The van der Waals surface area contributed by atoms with Crippen molar-refractivity contribution in [3.05, 3.63) is 60.0 Å². The van der Waals surface area contributed by atoms with Crippen LogP contribution in [-0.4, -0.2) is 15.0 Å². The average molecular weight is 391 g/mol. The fourth-order valence-corrected chi connectivity index (χ4v) is 4.45. The number of aryl methyl sites for hydroxylation is 1. The molecule has 0 unspecified atom stereocenters. The van der Waals surface area contributed by atoms with E-state index in [1.165, 1.54) is 37.1 Å². The lowest BCUT2D eigenvalue weighted by Gasteiger charge is -2.11. The zero-order valence-corrected chi connectivity index (χ0v) is 17.3. The maximum Gasteiger partial charge on any atom is 0.228 e. The van der Waals surface area contributed by atoms with Crippen LogP contribution < -0.4 is 0 Å². The first-order chi connectivity index (χ1) is 14.0. The largest absolute Gasteiger partial charge is 0.347 e. The number of benzene rings is 2. The minimum atomic E-state index is -0.289. The average Bonchev–Trinajstić information content (AvgIpc) is 3.20. The highest BCUT2D eigenvalue weighted by Gasteiger charge is 2.22. The Hall–Kier alpha value is -2.88. The number of unbranched alkanes of at least 4 members (excludes halogenated alkanes) is 3. The molecule has 2 heterocycles. The van der Waals surface area contributed by atoms with Crippen molar-refractivity contribution in [2.45, 2.75) is 46.0 Å². The Balaban J connectivity index is 1.98. The summed E-state index contributed by atoms with van der Waals surface area (Å²) in [5.41, 5.74) is 5.07. The highest BCUT2D eigenvalue weighted by atomic mass is 19.1. The van der Waals surface area contributed by atoms with Crippen LogP contribution in [0.1, 0.15) is 50.0 Å². The highest BCUT2D eigenvalue weighted by Crippen LogP contribution is 2.38. The molecule has 150 valence electrons. The van der Waals surface area contributed by atoms with Crippen molar-refractivity contribution < 1.29 is 9.18 Å². The van der Waals surface area contributed by atoms with E-state index in [1.807, 2.05) is 18.2 Å². The number of carbonyl (C=O) groups is 1. The van der Waals surface area contributed by atoms with Crippen LogP contribution in [0, 0.1) is 5.82 Å². The van der Waals surface area contributed by atoms with E-state index in [1.54, 1.807) is 17.6 Å². The minimum Gasteiger partial charge on any atom is -0.347 e. The monoisotopic (exact) mass is 390 g/mol. The predicted octanol–water partition coefficient (Wildman–Crippen LogP) is 6.72. The van der Waals surface area contributed by atoms with E-state index in [0.717, 1.165) is 45.9 Å². The highest BCUT2D eigenvalue weighted by molar-refractivity contribution is 6.04. The zero-order chi connectivity index (χ0) is 20.5. The van der Waals surface area contributed by atoms with Crippen molar-refractivity contribution in [3.8, 4) is 11.3 Å². The fourth-order valence-electron chi connectivity index (χ4n) is 4.45. The number of para-hydroxylation sites is 1. The number of fused-ring (bicyclic) bond motifs is 2. The Kier molecular flexibility index (Phi) is 5.27. The Morgan fingerprint density at radius 2 is 1.79 bits per heavy atom. The van der Waals surface area contributed by atoms with Crippen molar-refractivity contribution in [1.29, 1.82) is 0 Å². The first-order valence-electron chi connectivity index (χ1n) is 10.4. The van der Waals surface area contributed by atoms with Gasteiger partial charge in [0.25, 0.3) is 0 Å². The lowest BCUT2D eigenvalue weighted by Crippen LogP contribution is -2.08. The molecule has 4 heteroatoms. The van der Waals surface area contributed by atoms with Crippen molar-refractivity contribution in [2.75, 3.05) is 0 Å². The first-order valence-corrected chi connectivity index (χ1v) is 10.4. The molecule has 0 bridgehead atoms. The molecule has 0 aliphatic rings. The fraction of sp³-hybridized carbons (Fsp3) is 0.320. The van der Waals surface area contributed by atoms with Gasteiger partial charge in [-0.3, -0.25) is 9.36 Å². The summed E-state index contributed by atoms with van der Waals surface area (Å²) in [6, 6.07) is 14.9. The Bertz CT molecular complexity index is 1200. The van der Waals surface area contributed by atoms with E-state index in [-0.39, 0.29) is 11.7 Å². The second-order valence-electron chi connectivity index (χ2n) is 7.80. The standard InChI is InChI=1S/C25H27FN2O/c1-4-5-6-7-12-23-25(20-10-8-9-11-22(20)27(23)3)24-16-18-15-19(26)13-14-21(18)28(24)17(2)29/h8-11,13-16H,4-7,12H2,1-3H3. The van der Waals surface area contributed by atoms with Gasteiger partial charge >= 0.3 is 0 Å². The Labute approximate surface area is 170 Å². The van der Waals surface area contributed by atoms with Crippen LogP contribution in [0.25, 0.3) is 33.1 Å². The quantitative estimate of drug-likeness (QED) is 0.336. The van der Waals surface area contributed by atoms with E-state index < -0.39 is 0 Å². The molecule has 0 aliphatic heterocycles. The van der Waals surface area contributed by atoms with Crippen LogP contribution in [0.3, 0.4) is 0 Å². The third kappa shape index (κ3) is 3.37. The van der Waals surface area contributed by atoms with E-state index in [2.05, 4.69) is 30.7 Å². The van der Waals surface area contributed by atoms with Crippen molar-refractivity contribution in [1.82, 2.24) is 9.13 Å². The van der Waals surface area contributed by atoms with Crippen LogP contribution in [0.15, 0.2) is 48.5 Å². The molecule has 0 saturated carbocycles. The zero-order valence-electron chi connectivity index (χ0n) is 17.3. The number of hydrogen-bond donors (Lipinski definition) is 0. The lowest BCUT2D eigenvalue weighted by molar-refractivity contribution is 0.0943. The third-order valence-electron chi connectivity index (χ3n) is 5.83. The molecule has 0 spiro atoms. The molecule has 0 atom stereocenters. The molecule has 0 radical (unpaired) electrons. The molecule has 2 aromatic heterocycles. The third-order valence-corrected chi connectivity index (χ3v) is 5.83. The van der Waals surface area contributed by atoms with Crippen molar-refractivity contribution >= 4 is 27.7 Å². The number of halogens is 1. The molecule has 0 saturated heterocycles. The smallest absolute Gasteiger partial charge is 0.228 e. The molecule has 0 aliphatic carbocycles. The van der Waals surface area contributed by atoms with Crippen LogP contribution in [0.5, 0.6) is 0 Å². The molecule has 4 aromatic rings. The summed E-state index contributed by atoms with van der Waals surface area (Å²) in [6.07, 6.45) is 5.69. The van der Waals surface area contributed by atoms with Gasteiger partial charge in [-0.25, -0.2) is 4.39 Å². The molecule has 29 heavy (non-hydrogen) atoms. The van der Waals surface area contributed by atoms with Gasteiger partial charge < -0.3 is 4.57 Å². The number of carbonyl (C=O) groups excluding carboxylic acids is 1. The number of hydrogen-bond acceptors (Lipinski definition) is 1. The second kappa shape index (κ2) is 7.86. The van der Waals surface area contributed by atoms with Gasteiger partial charge in [-0.2, -0.15) is 0 Å². The lowest BCUT2D eigenvalue weighted by atomic mass is 10.0. The summed E-state index contributed by atoms with van der Waals surface area (Å²) in [6.45, 7) is 3.78. The number of nitrogens with zero attached hydrogens (tertiary/aromatic N) is 2. The van der Waals surface area contributed by atoms with Gasteiger partial charge in [0.1, 0.15) is 5.82 Å². The first kappa shape index (κ1) is 19.4. The molecular weight excluding hydrogens is 363 g/mol. The predicted molar refractivity (Wildman–Crippen MR) is 118 cm³/mol. The molecule has 0 amide bonds. The van der Waals surface area contributed by atoms with Crippen LogP contribution >= 0.6 is 0 Å². The molecule has 0 N–H and O–H groups in total. The van der Waals surface area contributed by atoms with Gasteiger partial charge in [-0.05, 0) is 43.2 Å². The maximum absolute atomic E-state index is 13.9. The summed E-state index contributed by atoms with van der Waals surface area (Å²) >= 11 is 0. The van der Waals surface area contributed by atoms with Crippen LogP contribution in [-0.2, 0) is 13.5 Å². The van der Waals surface area contributed by atoms with Crippen molar-refractivity contribution in [2.24, 2.45) is 7.05 Å². The minimum absolute atomic E-state index is 0.0634. The van der Waals surface area contributed by atoms with Gasteiger partial charge in [-0.1, -0.05) is 44.4 Å². The van der Waals surface area contributed by atoms with Gasteiger partial charge in [0, 0.05) is 41.5 Å². The summed E-state index contributed by atoms with van der Waals surface area (Å²) in [5.74, 6) is -0.353. The topological polar surface area (TPSA) is 26.9 Å². The molecule has 2 aromatic carbocycles. The summed E-state index contributed by atoms with van der Waals surface area (Å²) in [4.78, 5) is 12.6. The Morgan fingerprint density at radius 3 is 2.55 bits per heavy atom. The summed E-state index contributed by atoms with van der Waals surface area (Å²) in [5, 5.41) is 1.88. The number of aromatic nitrogens is 2. The van der Waals surface area contributed by atoms with Gasteiger partial charge in [0.15, 0.2) is 0 Å². The number of rotatable bonds is 6. The van der Waals surface area contributed by atoms with E-state index in [4.69, 9.17) is 0 Å².